The predicted octanol–water partition coefficient (Wildman–Crippen LogP) is 0.491. The second-order valence-electron chi connectivity index (χ2n) is 2.05. The lowest BCUT2D eigenvalue weighted by Crippen LogP contribution is -2.18. The number of nitrogens with zero attached hydrogens (tertiary/aromatic N) is 1. The highest BCUT2D eigenvalue weighted by Gasteiger charge is 2.11. The molecule has 0 unspecified atom stereocenters. The van der Waals surface area contributed by atoms with E-state index in [1.54, 1.807) is 0 Å². The van der Waals surface area contributed by atoms with E-state index in [4.69, 9.17) is 0 Å². The van der Waals surface area contributed by atoms with Crippen molar-refractivity contribution in [3.05, 3.63) is 23.6 Å². The fraction of sp³-hybridized carbons (Fsp3) is 0. The highest BCUT2D eigenvalue weighted by Crippen LogP contribution is 2.15. The number of hydrogen-bond acceptors (Lipinski definition) is 4. The van der Waals surface area contributed by atoms with E-state index in [1.807, 2.05) is 0 Å². The zero-order valence-electron chi connectivity index (χ0n) is 6.36. The number of primary amides is 1. The molecule has 6 heteroatoms. The van der Waals surface area contributed by atoms with Gasteiger partial charge in [-0.15, -0.1) is 0 Å². The summed E-state index contributed by atoms with van der Waals surface area (Å²) in [5.74, 6) is -1.25. The Labute approximate surface area is 72.3 Å². The second-order valence-corrected chi connectivity index (χ2v) is 2.05. The van der Waals surface area contributed by atoms with Crippen LogP contribution < -0.4 is 10.5 Å². The second kappa shape index (κ2) is 3.61. The van der Waals surface area contributed by atoms with Gasteiger partial charge in [0.1, 0.15) is 11.4 Å². The number of nitrogens with two attached hydrogens (primary N) is 1. The molecule has 1 aromatic rings. The Morgan fingerprint density at radius 2 is 2.38 bits per heavy atom. The molecular weight excluding hydrogens is 179 g/mol. The summed E-state index contributed by atoms with van der Waals surface area (Å²) in [7, 11) is 0. The van der Waals surface area contributed by atoms with Gasteiger partial charge in [0, 0.05) is 6.20 Å². The van der Waals surface area contributed by atoms with Crippen LogP contribution in [0.4, 0.5) is 9.18 Å². The first-order valence-electron chi connectivity index (χ1n) is 3.22. The van der Waals surface area contributed by atoms with E-state index < -0.39 is 23.4 Å². The van der Waals surface area contributed by atoms with E-state index >= 15 is 0 Å². The Morgan fingerprint density at radius 1 is 1.69 bits per heavy atom. The van der Waals surface area contributed by atoms with Gasteiger partial charge in [0.25, 0.3) is 0 Å². The van der Waals surface area contributed by atoms with E-state index in [0.717, 1.165) is 12.3 Å². The first-order chi connectivity index (χ1) is 6.15. The number of amides is 1. The molecule has 0 saturated carbocycles. The molecule has 0 fully saturated rings. The highest BCUT2D eigenvalue weighted by atomic mass is 19.1. The molecule has 1 aromatic heterocycles. The van der Waals surface area contributed by atoms with Crippen molar-refractivity contribution in [3.8, 4) is 5.88 Å². The van der Waals surface area contributed by atoms with Crippen LogP contribution in [-0.4, -0.2) is 17.4 Å². The van der Waals surface area contributed by atoms with Gasteiger partial charge in [0.05, 0.1) is 0 Å². The van der Waals surface area contributed by atoms with Gasteiger partial charge in [-0.2, -0.15) is 0 Å². The van der Waals surface area contributed by atoms with Crippen LogP contribution in [0.5, 0.6) is 5.88 Å². The van der Waals surface area contributed by atoms with Gasteiger partial charge in [-0.25, -0.2) is 14.2 Å². The summed E-state index contributed by atoms with van der Waals surface area (Å²) in [6.45, 7) is 0. The minimum atomic E-state index is -1.15. The normalized spacial score (nSPS) is 9.31. The monoisotopic (exact) mass is 184 g/mol. The minimum Gasteiger partial charge on any atom is -0.391 e. The van der Waals surface area contributed by atoms with Crippen LogP contribution in [0, 0.1) is 5.82 Å². The summed E-state index contributed by atoms with van der Waals surface area (Å²) in [6.07, 6.45) is 0.0995. The average molecular weight is 184 g/mol. The summed E-state index contributed by atoms with van der Waals surface area (Å²) in [6, 6.07) is 0.970. The number of aromatic nitrogens is 1. The number of rotatable bonds is 2. The number of carbonyl (C=O) groups excluding carboxylic acids is 2. The van der Waals surface area contributed by atoms with Crippen LogP contribution in [0.15, 0.2) is 12.3 Å². The van der Waals surface area contributed by atoms with Crippen molar-refractivity contribution in [2.75, 3.05) is 0 Å². The molecule has 0 aliphatic carbocycles. The molecule has 0 bridgehead atoms. The molecule has 13 heavy (non-hydrogen) atoms. The fourth-order valence-corrected chi connectivity index (χ4v) is 0.715. The van der Waals surface area contributed by atoms with E-state index in [-0.39, 0.29) is 6.29 Å². The Bertz CT molecular complexity index is 354. The van der Waals surface area contributed by atoms with E-state index in [1.165, 1.54) is 0 Å². The van der Waals surface area contributed by atoms with Crippen LogP contribution in [0.2, 0.25) is 0 Å². The summed E-state index contributed by atoms with van der Waals surface area (Å²) < 4.78 is 17.1. The van der Waals surface area contributed by atoms with Gasteiger partial charge in [-0.05, 0) is 6.07 Å². The average Bonchev–Trinajstić information content (AvgIpc) is 2.03. The molecule has 0 saturated heterocycles. The summed E-state index contributed by atoms with van der Waals surface area (Å²) in [5.41, 5.74) is 4.23. The summed E-state index contributed by atoms with van der Waals surface area (Å²) in [5, 5.41) is 0. The quantitative estimate of drug-likeness (QED) is 0.678. The number of ether oxygens (including phenoxy) is 1. The third kappa shape index (κ3) is 1.98. The largest absolute Gasteiger partial charge is 0.411 e. The molecule has 68 valence electrons. The Hall–Kier alpha value is -1.98. The highest BCUT2D eigenvalue weighted by molar-refractivity contribution is 5.80. The van der Waals surface area contributed by atoms with Crippen molar-refractivity contribution in [2.45, 2.75) is 0 Å². The molecule has 0 atom stereocenters. The van der Waals surface area contributed by atoms with Gasteiger partial charge in [0.2, 0.25) is 5.88 Å². The smallest absolute Gasteiger partial charge is 0.391 e. The number of carbonyl (C=O) groups is 2. The van der Waals surface area contributed by atoms with Gasteiger partial charge in [0.15, 0.2) is 6.29 Å². The lowest BCUT2D eigenvalue weighted by atomic mass is 10.3. The van der Waals surface area contributed by atoms with Crippen molar-refractivity contribution in [2.24, 2.45) is 5.73 Å². The number of hydrogen-bond donors (Lipinski definition) is 1. The number of pyridine rings is 1. The van der Waals surface area contributed by atoms with Gasteiger partial charge in [-0.1, -0.05) is 0 Å². The van der Waals surface area contributed by atoms with E-state index in [9.17, 15) is 14.0 Å². The Kier molecular flexibility index (Phi) is 2.53. The molecule has 0 aromatic carbocycles. The molecule has 1 amide bonds. The first kappa shape index (κ1) is 9.11. The van der Waals surface area contributed by atoms with Gasteiger partial charge >= 0.3 is 6.09 Å². The zero-order chi connectivity index (χ0) is 9.84. The lowest BCUT2D eigenvalue weighted by Gasteiger charge is -2.01. The standard InChI is InChI=1S/C7H5FN2O3/c8-5-1-2-10-6(4(5)3-11)13-7(9)12/h1-3H,(H2,9,12). The Balaban J connectivity index is 3.12. The maximum absolute atomic E-state index is 12.8. The van der Waals surface area contributed by atoms with Crippen LogP contribution >= 0.6 is 0 Å². The Morgan fingerprint density at radius 3 is 2.92 bits per heavy atom. The zero-order valence-corrected chi connectivity index (χ0v) is 6.36. The number of aldehydes is 1. The first-order valence-corrected chi connectivity index (χ1v) is 3.22. The lowest BCUT2D eigenvalue weighted by molar-refractivity contribution is 0.111. The predicted molar refractivity (Wildman–Crippen MR) is 39.8 cm³/mol. The third-order valence-corrected chi connectivity index (χ3v) is 1.22. The maximum Gasteiger partial charge on any atom is 0.411 e. The molecule has 1 rings (SSSR count). The molecule has 5 nitrogen and oxygen atoms in total. The van der Waals surface area contributed by atoms with Crippen molar-refractivity contribution >= 4 is 12.4 Å². The summed E-state index contributed by atoms with van der Waals surface area (Å²) in [4.78, 5) is 24.0. The molecule has 0 aliphatic rings. The maximum atomic E-state index is 12.8. The molecule has 0 spiro atoms. The summed E-state index contributed by atoms with van der Waals surface area (Å²) >= 11 is 0. The van der Waals surface area contributed by atoms with E-state index in [0.29, 0.717) is 0 Å². The molecule has 1 heterocycles. The topological polar surface area (TPSA) is 82.3 Å². The molecular formula is C7H5FN2O3. The van der Waals surface area contributed by atoms with Crippen molar-refractivity contribution in [1.82, 2.24) is 4.98 Å². The van der Waals surface area contributed by atoms with Crippen LogP contribution in [0.25, 0.3) is 0 Å². The van der Waals surface area contributed by atoms with Gasteiger partial charge in [-0.3, -0.25) is 4.79 Å². The molecule has 0 aliphatic heterocycles. The fourth-order valence-electron chi connectivity index (χ4n) is 0.715. The van der Waals surface area contributed by atoms with Crippen LogP contribution in [0.3, 0.4) is 0 Å². The van der Waals surface area contributed by atoms with Crippen molar-refractivity contribution in [3.63, 3.8) is 0 Å². The minimum absolute atomic E-state index is 0.195. The number of halogens is 1. The SMILES string of the molecule is NC(=O)Oc1nccc(F)c1C=O. The third-order valence-electron chi connectivity index (χ3n) is 1.22. The molecule has 2 N–H and O–H groups in total. The van der Waals surface area contributed by atoms with E-state index in [2.05, 4.69) is 15.5 Å². The van der Waals surface area contributed by atoms with Crippen molar-refractivity contribution in [1.29, 1.82) is 0 Å². The van der Waals surface area contributed by atoms with Gasteiger partial charge < -0.3 is 10.5 Å². The van der Waals surface area contributed by atoms with Crippen LogP contribution in [0.1, 0.15) is 10.4 Å². The van der Waals surface area contributed by atoms with Crippen molar-refractivity contribution < 1.29 is 18.7 Å². The molecule has 0 radical (unpaired) electrons. The van der Waals surface area contributed by atoms with Crippen LogP contribution in [-0.2, 0) is 0 Å².